The summed E-state index contributed by atoms with van der Waals surface area (Å²) in [4.78, 5) is 18.9. The third-order valence-electron chi connectivity index (χ3n) is 4.84. The number of anilines is 1. The number of pyridine rings is 1. The lowest BCUT2D eigenvalue weighted by atomic mass is 10.1. The average Bonchev–Trinajstić information content (AvgIpc) is 3.11. The van der Waals surface area contributed by atoms with Crippen molar-refractivity contribution < 1.29 is 13.2 Å². The zero-order valence-corrected chi connectivity index (χ0v) is 16.7. The Balaban J connectivity index is 1.61. The van der Waals surface area contributed by atoms with E-state index in [0.29, 0.717) is 29.0 Å². The number of hydrogen-bond donors (Lipinski definition) is 1. The van der Waals surface area contributed by atoms with Crippen LogP contribution in [0.3, 0.4) is 0 Å². The van der Waals surface area contributed by atoms with E-state index in [4.69, 9.17) is 0 Å². The van der Waals surface area contributed by atoms with Gasteiger partial charge in [-0.15, -0.1) is 4.40 Å². The third kappa shape index (κ3) is 3.97. The Labute approximate surface area is 169 Å². The van der Waals surface area contributed by atoms with Crippen LogP contribution in [0.1, 0.15) is 23.2 Å². The van der Waals surface area contributed by atoms with E-state index in [0.717, 1.165) is 18.4 Å². The fraction of sp³-hybridized carbons (Fsp3) is 0.190. The number of nitrogens with one attached hydrogen (secondary N) is 1. The molecule has 0 radical (unpaired) electrons. The lowest BCUT2D eigenvalue weighted by Crippen LogP contribution is -2.20. The Hall–Kier alpha value is -3.26. The summed E-state index contributed by atoms with van der Waals surface area (Å²) < 4.78 is 29.3. The molecule has 1 fully saturated rings. The maximum Gasteiger partial charge on any atom is 0.284 e. The first-order valence-electron chi connectivity index (χ1n) is 9.24. The number of fused-ring (bicyclic) bond motifs is 1. The van der Waals surface area contributed by atoms with Crippen LogP contribution >= 0.6 is 0 Å². The molecule has 1 aliphatic heterocycles. The number of likely N-dealkylation sites (tertiary alicyclic amines) is 1. The first kappa shape index (κ1) is 19.1. The van der Waals surface area contributed by atoms with Crippen LogP contribution < -0.4 is 5.32 Å². The van der Waals surface area contributed by atoms with Crippen LogP contribution in [-0.2, 0) is 10.0 Å². The zero-order valence-electron chi connectivity index (χ0n) is 15.9. The van der Waals surface area contributed by atoms with Crippen LogP contribution in [0.2, 0.25) is 0 Å². The van der Waals surface area contributed by atoms with Crippen LogP contribution in [0, 0.1) is 0 Å². The van der Waals surface area contributed by atoms with Gasteiger partial charge in [0.1, 0.15) is 5.84 Å². The molecule has 1 aromatic heterocycles. The highest BCUT2D eigenvalue weighted by molar-refractivity contribution is 7.90. The maximum absolute atomic E-state index is 12.8. The maximum atomic E-state index is 12.8. The molecule has 0 saturated carbocycles. The Morgan fingerprint density at radius 1 is 1.14 bits per heavy atom. The summed E-state index contributed by atoms with van der Waals surface area (Å²) in [5.74, 6) is 0.225. The van der Waals surface area contributed by atoms with Crippen molar-refractivity contribution in [1.82, 2.24) is 9.88 Å². The molecular weight excluding hydrogens is 388 g/mol. The minimum atomic E-state index is -3.85. The average molecular weight is 408 g/mol. The highest BCUT2D eigenvalue weighted by atomic mass is 32.2. The van der Waals surface area contributed by atoms with Crippen LogP contribution in [0.15, 0.2) is 70.1 Å². The van der Waals surface area contributed by atoms with Gasteiger partial charge in [0.25, 0.3) is 15.9 Å². The second-order valence-electron chi connectivity index (χ2n) is 6.87. The minimum Gasteiger partial charge on any atom is -0.362 e. The Kier molecular flexibility index (Phi) is 5.02. The number of amides is 1. The van der Waals surface area contributed by atoms with Gasteiger partial charge in [-0.1, -0.05) is 24.3 Å². The predicted molar refractivity (Wildman–Crippen MR) is 113 cm³/mol. The van der Waals surface area contributed by atoms with Gasteiger partial charge >= 0.3 is 0 Å². The van der Waals surface area contributed by atoms with Crippen LogP contribution in [0.25, 0.3) is 10.9 Å². The summed E-state index contributed by atoms with van der Waals surface area (Å²) >= 11 is 0. The summed E-state index contributed by atoms with van der Waals surface area (Å²) in [5.41, 5.74) is 1.57. The van der Waals surface area contributed by atoms with E-state index < -0.39 is 10.0 Å². The first-order valence-corrected chi connectivity index (χ1v) is 10.7. The van der Waals surface area contributed by atoms with E-state index in [1.807, 2.05) is 36.2 Å². The zero-order chi connectivity index (χ0) is 20.4. The second-order valence-corrected chi connectivity index (χ2v) is 8.47. The molecule has 0 spiro atoms. The molecular formula is C21H20N4O3S. The van der Waals surface area contributed by atoms with Crippen LogP contribution in [-0.4, -0.2) is 43.6 Å². The number of amidine groups is 1. The largest absolute Gasteiger partial charge is 0.362 e. The number of sulfonamides is 1. The fourth-order valence-electron chi connectivity index (χ4n) is 3.33. The molecule has 29 heavy (non-hydrogen) atoms. The summed E-state index contributed by atoms with van der Waals surface area (Å²) in [5, 5.41) is 3.50. The van der Waals surface area contributed by atoms with Crippen molar-refractivity contribution in [2.24, 2.45) is 4.40 Å². The van der Waals surface area contributed by atoms with Gasteiger partial charge in [-0.25, -0.2) is 0 Å². The Morgan fingerprint density at radius 3 is 2.76 bits per heavy atom. The van der Waals surface area contributed by atoms with E-state index in [9.17, 15) is 13.2 Å². The van der Waals surface area contributed by atoms with Crippen molar-refractivity contribution >= 4 is 38.4 Å². The quantitative estimate of drug-likeness (QED) is 0.715. The van der Waals surface area contributed by atoms with E-state index >= 15 is 0 Å². The fourth-order valence-corrected chi connectivity index (χ4v) is 4.47. The van der Waals surface area contributed by atoms with Crippen molar-refractivity contribution in [2.75, 3.05) is 18.9 Å². The monoisotopic (exact) mass is 408 g/mol. The molecule has 1 saturated heterocycles. The van der Waals surface area contributed by atoms with Crippen molar-refractivity contribution in [3.05, 3.63) is 66.4 Å². The van der Waals surface area contributed by atoms with Gasteiger partial charge in [0.2, 0.25) is 0 Å². The SMILES string of the molecule is CN1CCCC1=NS(=O)(=O)c1cccc(NC(=O)c2ccnc3ccccc23)c1. The molecule has 0 atom stereocenters. The number of rotatable bonds is 4. The van der Waals surface area contributed by atoms with Crippen molar-refractivity contribution in [3.63, 3.8) is 0 Å². The van der Waals surface area contributed by atoms with Crippen LogP contribution in [0.5, 0.6) is 0 Å². The Morgan fingerprint density at radius 2 is 1.97 bits per heavy atom. The predicted octanol–water partition coefficient (Wildman–Crippen LogP) is 3.30. The molecule has 0 aliphatic carbocycles. The van der Waals surface area contributed by atoms with Gasteiger partial charge in [0, 0.05) is 37.3 Å². The number of nitrogens with zero attached hydrogens (tertiary/aromatic N) is 3. The summed E-state index contributed by atoms with van der Waals surface area (Å²) in [6.07, 6.45) is 3.11. The molecule has 1 amide bonds. The smallest absolute Gasteiger partial charge is 0.284 e. The Bertz CT molecular complexity index is 1220. The summed E-state index contributed by atoms with van der Waals surface area (Å²) in [6, 6.07) is 15.1. The molecule has 1 aliphatic rings. The van der Waals surface area contributed by atoms with E-state index in [2.05, 4.69) is 14.7 Å². The molecule has 7 nitrogen and oxygen atoms in total. The number of benzene rings is 2. The summed E-state index contributed by atoms with van der Waals surface area (Å²) in [6.45, 7) is 0.796. The van der Waals surface area contributed by atoms with Crippen molar-refractivity contribution in [2.45, 2.75) is 17.7 Å². The van der Waals surface area contributed by atoms with Crippen molar-refractivity contribution in [1.29, 1.82) is 0 Å². The van der Waals surface area contributed by atoms with E-state index in [1.54, 1.807) is 24.4 Å². The molecule has 8 heteroatoms. The van der Waals surface area contributed by atoms with Crippen molar-refractivity contribution in [3.8, 4) is 0 Å². The number of carbonyl (C=O) groups is 1. The van der Waals surface area contributed by atoms with Gasteiger partial charge in [-0.05, 0) is 36.8 Å². The number of aromatic nitrogens is 1. The van der Waals surface area contributed by atoms with Gasteiger partial charge in [0.15, 0.2) is 0 Å². The highest BCUT2D eigenvalue weighted by Crippen LogP contribution is 2.22. The molecule has 3 aromatic rings. The second kappa shape index (κ2) is 7.63. The number of para-hydroxylation sites is 1. The molecule has 4 rings (SSSR count). The van der Waals surface area contributed by atoms with Gasteiger partial charge < -0.3 is 10.2 Å². The standard InChI is InChI=1S/C21H20N4O3S/c1-25-13-5-10-20(25)24-29(27,28)16-7-4-6-15(14-16)23-21(26)18-11-12-22-19-9-3-2-8-17(18)19/h2-4,6-9,11-12,14H,5,10,13H2,1H3,(H,23,26). The van der Waals surface area contributed by atoms with E-state index in [-0.39, 0.29) is 10.8 Å². The van der Waals surface area contributed by atoms with Gasteiger partial charge in [0.05, 0.1) is 16.0 Å². The lowest BCUT2D eigenvalue weighted by Gasteiger charge is -2.11. The number of carbonyl (C=O) groups excluding carboxylic acids is 1. The molecule has 2 heterocycles. The minimum absolute atomic E-state index is 0.0442. The van der Waals surface area contributed by atoms with Gasteiger partial charge in [-0.3, -0.25) is 9.78 Å². The molecule has 2 aromatic carbocycles. The summed E-state index contributed by atoms with van der Waals surface area (Å²) in [7, 11) is -2.02. The molecule has 1 N–H and O–H groups in total. The number of hydrogen-bond acceptors (Lipinski definition) is 4. The topological polar surface area (TPSA) is 91.7 Å². The lowest BCUT2D eigenvalue weighted by molar-refractivity contribution is 0.102. The molecule has 0 bridgehead atoms. The van der Waals surface area contributed by atoms with E-state index in [1.165, 1.54) is 12.1 Å². The normalized spacial score (nSPS) is 15.8. The third-order valence-corrected chi connectivity index (χ3v) is 6.14. The molecule has 0 unspecified atom stereocenters. The van der Waals surface area contributed by atoms with Gasteiger partial charge in [-0.2, -0.15) is 8.42 Å². The first-order chi connectivity index (χ1) is 13.9. The van der Waals surface area contributed by atoms with Crippen LogP contribution in [0.4, 0.5) is 5.69 Å². The molecule has 148 valence electrons. The highest BCUT2D eigenvalue weighted by Gasteiger charge is 2.21.